The van der Waals surface area contributed by atoms with Crippen LogP contribution in [0.25, 0.3) is 0 Å². The molecule has 2 amide bonds. The first-order chi connectivity index (χ1) is 9.58. The van der Waals surface area contributed by atoms with Crippen molar-refractivity contribution >= 4 is 28.5 Å². The first-order valence-corrected chi connectivity index (χ1v) is 7.69. The molecule has 0 aliphatic carbocycles. The second kappa shape index (κ2) is 6.89. The van der Waals surface area contributed by atoms with Crippen molar-refractivity contribution in [3.63, 3.8) is 0 Å². The fourth-order valence-corrected chi connectivity index (χ4v) is 2.26. The van der Waals surface area contributed by atoms with Crippen LogP contribution in [-0.2, 0) is 9.53 Å². The van der Waals surface area contributed by atoms with Gasteiger partial charge in [0.05, 0.1) is 5.69 Å². The average Bonchev–Trinajstić information content (AvgIpc) is 2.68. The molecule has 0 radical (unpaired) electrons. The second-order valence-corrected chi connectivity index (χ2v) is 7.01. The van der Waals surface area contributed by atoms with Gasteiger partial charge in [-0.1, -0.05) is 13.8 Å². The molecule has 1 heterocycles. The zero-order valence-electron chi connectivity index (χ0n) is 13.3. The molecule has 21 heavy (non-hydrogen) atoms. The Labute approximate surface area is 129 Å². The van der Waals surface area contributed by atoms with E-state index in [1.807, 2.05) is 26.2 Å². The van der Waals surface area contributed by atoms with Crippen molar-refractivity contribution in [2.45, 2.75) is 53.2 Å². The van der Waals surface area contributed by atoms with Crippen molar-refractivity contribution in [3.8, 4) is 0 Å². The molecule has 0 aliphatic rings. The van der Waals surface area contributed by atoms with Gasteiger partial charge in [-0.3, -0.25) is 4.79 Å². The fraction of sp³-hybridized carbons (Fsp3) is 0.643. The number of anilines is 1. The van der Waals surface area contributed by atoms with Gasteiger partial charge in [0.1, 0.15) is 11.6 Å². The standard InChI is InChI=1S/C14H23N3O3S/c1-8(2)10(16-13(19)20-14(4,5)6)11(18)17-12-15-9(3)7-21-12/h7-8,10H,1-6H3,(H,16,19)(H,15,17,18). The lowest BCUT2D eigenvalue weighted by atomic mass is 10.0. The predicted octanol–water partition coefficient (Wildman–Crippen LogP) is 2.94. The largest absolute Gasteiger partial charge is 0.444 e. The van der Waals surface area contributed by atoms with Gasteiger partial charge in [0.25, 0.3) is 0 Å². The minimum absolute atomic E-state index is 0.0708. The highest BCUT2D eigenvalue weighted by atomic mass is 32.1. The molecule has 2 N–H and O–H groups in total. The van der Waals surface area contributed by atoms with E-state index in [-0.39, 0.29) is 11.8 Å². The summed E-state index contributed by atoms with van der Waals surface area (Å²) in [5.41, 5.74) is 0.241. The van der Waals surface area contributed by atoms with Crippen LogP contribution in [0.4, 0.5) is 9.93 Å². The van der Waals surface area contributed by atoms with Crippen molar-refractivity contribution in [1.29, 1.82) is 0 Å². The Balaban J connectivity index is 2.68. The molecule has 1 atom stereocenters. The molecular formula is C14H23N3O3S. The van der Waals surface area contributed by atoms with Crippen LogP contribution in [0.5, 0.6) is 0 Å². The minimum Gasteiger partial charge on any atom is -0.444 e. The molecule has 0 saturated carbocycles. The van der Waals surface area contributed by atoms with Crippen LogP contribution >= 0.6 is 11.3 Å². The number of ether oxygens (including phenoxy) is 1. The Morgan fingerprint density at radius 1 is 1.33 bits per heavy atom. The molecule has 7 heteroatoms. The molecule has 0 spiro atoms. The van der Waals surface area contributed by atoms with E-state index < -0.39 is 17.7 Å². The highest BCUT2D eigenvalue weighted by Gasteiger charge is 2.27. The molecule has 1 unspecified atom stereocenters. The van der Waals surface area contributed by atoms with E-state index in [1.165, 1.54) is 11.3 Å². The van der Waals surface area contributed by atoms with Crippen LogP contribution in [0.1, 0.15) is 40.3 Å². The normalized spacial score (nSPS) is 12.9. The number of thiazole rings is 1. The lowest BCUT2D eigenvalue weighted by molar-refractivity contribution is -0.119. The van der Waals surface area contributed by atoms with Crippen LogP contribution in [0, 0.1) is 12.8 Å². The first kappa shape index (κ1) is 17.4. The van der Waals surface area contributed by atoms with E-state index >= 15 is 0 Å². The van der Waals surface area contributed by atoms with Gasteiger partial charge < -0.3 is 15.4 Å². The van der Waals surface area contributed by atoms with Crippen LogP contribution in [0.2, 0.25) is 0 Å². The summed E-state index contributed by atoms with van der Waals surface area (Å²) < 4.78 is 5.18. The zero-order valence-corrected chi connectivity index (χ0v) is 14.1. The average molecular weight is 313 g/mol. The number of nitrogens with zero attached hydrogens (tertiary/aromatic N) is 1. The van der Waals surface area contributed by atoms with E-state index in [0.717, 1.165) is 5.69 Å². The number of hydrogen-bond acceptors (Lipinski definition) is 5. The van der Waals surface area contributed by atoms with Gasteiger partial charge in [-0.05, 0) is 33.6 Å². The van der Waals surface area contributed by atoms with Gasteiger partial charge in [-0.25, -0.2) is 9.78 Å². The van der Waals surface area contributed by atoms with Gasteiger partial charge in [0.2, 0.25) is 5.91 Å². The van der Waals surface area contributed by atoms with Gasteiger partial charge in [-0.15, -0.1) is 11.3 Å². The van der Waals surface area contributed by atoms with Crippen molar-refractivity contribution in [2.24, 2.45) is 5.92 Å². The van der Waals surface area contributed by atoms with E-state index in [0.29, 0.717) is 5.13 Å². The number of aryl methyl sites for hydroxylation is 1. The van der Waals surface area contributed by atoms with Crippen molar-refractivity contribution in [2.75, 3.05) is 5.32 Å². The molecule has 0 saturated heterocycles. The Bertz CT molecular complexity index is 506. The van der Waals surface area contributed by atoms with Gasteiger partial charge in [0, 0.05) is 5.38 Å². The third-order valence-corrected chi connectivity index (χ3v) is 3.35. The Kier molecular flexibility index (Phi) is 5.71. The maximum Gasteiger partial charge on any atom is 0.408 e. The Morgan fingerprint density at radius 3 is 2.38 bits per heavy atom. The maximum absolute atomic E-state index is 12.2. The van der Waals surface area contributed by atoms with Crippen LogP contribution in [0.15, 0.2) is 5.38 Å². The first-order valence-electron chi connectivity index (χ1n) is 6.81. The SMILES string of the molecule is Cc1csc(NC(=O)C(NC(=O)OC(C)(C)C)C(C)C)n1. The molecule has 1 aromatic heterocycles. The van der Waals surface area contributed by atoms with E-state index in [9.17, 15) is 9.59 Å². The summed E-state index contributed by atoms with van der Waals surface area (Å²) >= 11 is 1.35. The lowest BCUT2D eigenvalue weighted by Gasteiger charge is -2.24. The van der Waals surface area contributed by atoms with Crippen LogP contribution in [0.3, 0.4) is 0 Å². The monoisotopic (exact) mass is 313 g/mol. The summed E-state index contributed by atoms with van der Waals surface area (Å²) in [6.45, 7) is 10.9. The molecule has 0 fully saturated rings. The van der Waals surface area contributed by atoms with E-state index in [1.54, 1.807) is 20.8 Å². The molecule has 1 aromatic rings. The summed E-state index contributed by atoms with van der Waals surface area (Å²) in [7, 11) is 0. The number of nitrogens with one attached hydrogen (secondary N) is 2. The van der Waals surface area contributed by atoms with Crippen LogP contribution in [-0.4, -0.2) is 28.6 Å². The van der Waals surface area contributed by atoms with Crippen molar-refractivity contribution in [3.05, 3.63) is 11.1 Å². The molecule has 118 valence electrons. The molecule has 1 rings (SSSR count). The molecular weight excluding hydrogens is 290 g/mol. The quantitative estimate of drug-likeness (QED) is 0.895. The smallest absolute Gasteiger partial charge is 0.408 e. The predicted molar refractivity (Wildman–Crippen MR) is 83.5 cm³/mol. The third kappa shape index (κ3) is 6.12. The summed E-state index contributed by atoms with van der Waals surface area (Å²) in [4.78, 5) is 28.2. The lowest BCUT2D eigenvalue weighted by Crippen LogP contribution is -2.48. The summed E-state index contributed by atoms with van der Waals surface area (Å²) in [6.07, 6.45) is -0.605. The number of carbonyl (C=O) groups is 2. The molecule has 0 aliphatic heterocycles. The fourth-order valence-electron chi connectivity index (χ4n) is 1.56. The van der Waals surface area contributed by atoms with E-state index in [4.69, 9.17) is 4.74 Å². The third-order valence-electron chi connectivity index (χ3n) is 2.47. The second-order valence-electron chi connectivity index (χ2n) is 6.15. The summed E-state index contributed by atoms with van der Waals surface area (Å²) in [5, 5.41) is 7.68. The zero-order chi connectivity index (χ0) is 16.2. The molecule has 0 bridgehead atoms. The van der Waals surface area contributed by atoms with Crippen molar-refractivity contribution < 1.29 is 14.3 Å². The topological polar surface area (TPSA) is 80.3 Å². The van der Waals surface area contributed by atoms with Gasteiger partial charge >= 0.3 is 6.09 Å². The molecule has 0 aromatic carbocycles. The molecule has 6 nitrogen and oxygen atoms in total. The number of amides is 2. The van der Waals surface area contributed by atoms with Gasteiger partial charge in [-0.2, -0.15) is 0 Å². The highest BCUT2D eigenvalue weighted by Crippen LogP contribution is 2.16. The minimum atomic E-state index is -0.677. The maximum atomic E-state index is 12.2. The number of hydrogen-bond donors (Lipinski definition) is 2. The highest BCUT2D eigenvalue weighted by molar-refractivity contribution is 7.13. The number of carbonyl (C=O) groups excluding carboxylic acids is 2. The summed E-state index contributed by atoms with van der Waals surface area (Å²) in [5.74, 6) is -0.371. The number of rotatable bonds is 4. The van der Waals surface area contributed by atoms with E-state index in [2.05, 4.69) is 15.6 Å². The Hall–Kier alpha value is -1.63. The van der Waals surface area contributed by atoms with Gasteiger partial charge in [0.15, 0.2) is 5.13 Å². The van der Waals surface area contributed by atoms with Crippen molar-refractivity contribution in [1.82, 2.24) is 10.3 Å². The summed E-state index contributed by atoms with van der Waals surface area (Å²) in [6, 6.07) is -0.677. The Morgan fingerprint density at radius 2 is 1.95 bits per heavy atom. The van der Waals surface area contributed by atoms with Crippen LogP contribution < -0.4 is 10.6 Å². The number of aromatic nitrogens is 1. The number of alkyl carbamates (subject to hydrolysis) is 1.